The molecule has 1 aliphatic carbocycles. The van der Waals surface area contributed by atoms with Crippen molar-refractivity contribution in [1.82, 2.24) is 15.1 Å². The van der Waals surface area contributed by atoms with Crippen LogP contribution in [0.15, 0.2) is 48.5 Å². The standard InChI is InChI=1S/C27H33N3O5/c1-29(2)16-14-23(25(31)30-15-8-7-13-24(30)26(32)33)28-27(34)35-17-22-20-11-5-3-9-18(20)19-10-4-6-12-21(19)22/h3-6,9-12,22-24H,7-8,13-17H2,1-2H3,(H,28,34)(H,32,33). The molecule has 186 valence electrons. The summed E-state index contributed by atoms with van der Waals surface area (Å²) >= 11 is 0. The fourth-order valence-corrected chi connectivity index (χ4v) is 5.08. The number of amides is 2. The van der Waals surface area contributed by atoms with Gasteiger partial charge in [-0.2, -0.15) is 0 Å². The van der Waals surface area contributed by atoms with E-state index in [4.69, 9.17) is 4.74 Å². The summed E-state index contributed by atoms with van der Waals surface area (Å²) in [6, 6.07) is 14.5. The van der Waals surface area contributed by atoms with Crippen LogP contribution in [0.1, 0.15) is 42.7 Å². The number of carbonyl (C=O) groups is 3. The molecular weight excluding hydrogens is 446 g/mol. The van der Waals surface area contributed by atoms with Crippen molar-refractivity contribution in [3.63, 3.8) is 0 Å². The van der Waals surface area contributed by atoms with Crippen LogP contribution in [0.3, 0.4) is 0 Å². The molecular formula is C27H33N3O5. The number of carboxylic acid groups (broad SMARTS) is 1. The smallest absolute Gasteiger partial charge is 0.407 e. The lowest BCUT2D eigenvalue weighted by Gasteiger charge is -2.35. The average molecular weight is 480 g/mol. The number of nitrogens with zero attached hydrogens (tertiary/aromatic N) is 2. The van der Waals surface area contributed by atoms with Crippen LogP contribution in [0.5, 0.6) is 0 Å². The molecule has 8 nitrogen and oxygen atoms in total. The van der Waals surface area contributed by atoms with Gasteiger partial charge in [-0.15, -0.1) is 0 Å². The molecule has 4 rings (SSSR count). The van der Waals surface area contributed by atoms with Gasteiger partial charge in [-0.3, -0.25) is 4.79 Å². The van der Waals surface area contributed by atoms with Crippen molar-refractivity contribution in [1.29, 1.82) is 0 Å². The van der Waals surface area contributed by atoms with E-state index < -0.39 is 24.1 Å². The minimum Gasteiger partial charge on any atom is -0.480 e. The largest absolute Gasteiger partial charge is 0.480 e. The number of hydrogen-bond acceptors (Lipinski definition) is 5. The molecule has 0 spiro atoms. The lowest BCUT2D eigenvalue weighted by molar-refractivity contribution is -0.153. The molecule has 2 aromatic carbocycles. The van der Waals surface area contributed by atoms with E-state index in [2.05, 4.69) is 17.4 Å². The van der Waals surface area contributed by atoms with Gasteiger partial charge in [0.05, 0.1) is 0 Å². The zero-order valence-corrected chi connectivity index (χ0v) is 20.3. The number of likely N-dealkylation sites (tertiary alicyclic amines) is 1. The van der Waals surface area contributed by atoms with Gasteiger partial charge < -0.3 is 25.0 Å². The van der Waals surface area contributed by atoms with E-state index in [1.165, 1.54) is 4.90 Å². The van der Waals surface area contributed by atoms with Crippen LogP contribution in [0.4, 0.5) is 4.79 Å². The lowest BCUT2D eigenvalue weighted by atomic mass is 9.98. The Kier molecular flexibility index (Phi) is 7.70. The highest BCUT2D eigenvalue weighted by Gasteiger charge is 2.36. The van der Waals surface area contributed by atoms with Gasteiger partial charge in [0.25, 0.3) is 0 Å². The summed E-state index contributed by atoms with van der Waals surface area (Å²) in [7, 11) is 3.77. The van der Waals surface area contributed by atoms with Crippen LogP contribution in [0, 0.1) is 0 Å². The number of alkyl carbamates (subject to hydrolysis) is 1. The van der Waals surface area contributed by atoms with Gasteiger partial charge in [0.15, 0.2) is 0 Å². The first-order chi connectivity index (χ1) is 16.9. The van der Waals surface area contributed by atoms with Crippen molar-refractivity contribution in [3.05, 3.63) is 59.7 Å². The Morgan fingerprint density at radius 2 is 1.69 bits per heavy atom. The van der Waals surface area contributed by atoms with Crippen LogP contribution >= 0.6 is 0 Å². The van der Waals surface area contributed by atoms with Gasteiger partial charge in [0.1, 0.15) is 18.7 Å². The molecule has 0 bridgehead atoms. The van der Waals surface area contributed by atoms with E-state index in [9.17, 15) is 19.5 Å². The van der Waals surface area contributed by atoms with Gasteiger partial charge >= 0.3 is 12.1 Å². The normalized spacial score (nSPS) is 18.0. The Bertz CT molecular complexity index is 1040. The second-order valence-electron chi connectivity index (χ2n) is 9.50. The van der Waals surface area contributed by atoms with Crippen LogP contribution in [-0.2, 0) is 14.3 Å². The number of carboxylic acids is 1. The highest BCUT2D eigenvalue weighted by atomic mass is 16.5. The molecule has 1 aliphatic heterocycles. The van der Waals surface area contributed by atoms with Crippen molar-refractivity contribution in [2.75, 3.05) is 33.8 Å². The van der Waals surface area contributed by atoms with E-state index >= 15 is 0 Å². The first-order valence-electron chi connectivity index (χ1n) is 12.2. The molecule has 0 aromatic heterocycles. The first-order valence-corrected chi connectivity index (χ1v) is 12.2. The second-order valence-corrected chi connectivity index (χ2v) is 9.50. The van der Waals surface area contributed by atoms with Gasteiger partial charge in [-0.05, 0) is 68.6 Å². The Morgan fingerprint density at radius 3 is 2.29 bits per heavy atom. The molecule has 0 radical (unpaired) electrons. The number of ether oxygens (including phenoxy) is 1. The molecule has 2 aliphatic rings. The minimum atomic E-state index is -1.01. The molecule has 2 unspecified atom stereocenters. The summed E-state index contributed by atoms with van der Waals surface area (Å²) < 4.78 is 5.64. The third-order valence-corrected chi connectivity index (χ3v) is 6.87. The highest BCUT2D eigenvalue weighted by molar-refractivity contribution is 5.89. The summed E-state index contributed by atoms with van der Waals surface area (Å²) in [5, 5.41) is 12.3. The van der Waals surface area contributed by atoms with Crippen molar-refractivity contribution in [2.24, 2.45) is 0 Å². The van der Waals surface area contributed by atoms with Gasteiger partial charge in [0.2, 0.25) is 5.91 Å². The lowest BCUT2D eigenvalue weighted by Crippen LogP contribution is -2.56. The van der Waals surface area contributed by atoms with Crippen LogP contribution in [-0.4, -0.2) is 78.8 Å². The number of aliphatic carboxylic acids is 1. The summed E-state index contributed by atoms with van der Waals surface area (Å²) in [5.74, 6) is -1.46. The monoisotopic (exact) mass is 479 g/mol. The van der Waals surface area contributed by atoms with Crippen molar-refractivity contribution >= 4 is 18.0 Å². The number of fused-ring (bicyclic) bond motifs is 3. The fourth-order valence-electron chi connectivity index (χ4n) is 5.08. The van der Waals surface area contributed by atoms with Crippen molar-refractivity contribution < 1.29 is 24.2 Å². The third-order valence-electron chi connectivity index (χ3n) is 6.87. The van der Waals surface area contributed by atoms with Gasteiger partial charge in [-0.1, -0.05) is 48.5 Å². The summed E-state index contributed by atoms with van der Waals surface area (Å²) in [4.78, 5) is 41.2. The molecule has 2 amide bonds. The Balaban J connectivity index is 1.45. The third kappa shape index (κ3) is 5.48. The number of benzene rings is 2. The molecule has 2 aromatic rings. The number of hydrogen-bond donors (Lipinski definition) is 2. The predicted octanol–water partition coefficient (Wildman–Crippen LogP) is 3.31. The van der Waals surface area contributed by atoms with Gasteiger partial charge in [0, 0.05) is 12.5 Å². The SMILES string of the molecule is CN(C)CCC(NC(=O)OCC1c2ccccc2-c2ccccc21)C(=O)N1CCCCC1C(=O)O. The molecule has 1 fully saturated rings. The zero-order chi connectivity index (χ0) is 24.9. The van der Waals surface area contributed by atoms with E-state index in [0.717, 1.165) is 35.1 Å². The molecule has 8 heteroatoms. The topological polar surface area (TPSA) is 99.2 Å². The summed E-state index contributed by atoms with van der Waals surface area (Å²) in [6.07, 6.45) is 1.63. The Morgan fingerprint density at radius 1 is 1.06 bits per heavy atom. The van der Waals surface area contributed by atoms with Crippen molar-refractivity contribution in [3.8, 4) is 11.1 Å². The molecule has 0 saturated carbocycles. The van der Waals surface area contributed by atoms with E-state index in [1.807, 2.05) is 55.4 Å². The maximum absolute atomic E-state index is 13.3. The number of carbonyl (C=O) groups excluding carboxylic acids is 2. The maximum atomic E-state index is 13.3. The van der Waals surface area contributed by atoms with Gasteiger partial charge in [-0.25, -0.2) is 9.59 Å². The maximum Gasteiger partial charge on any atom is 0.407 e. The van der Waals surface area contributed by atoms with E-state index in [0.29, 0.717) is 25.9 Å². The molecule has 35 heavy (non-hydrogen) atoms. The van der Waals surface area contributed by atoms with Crippen LogP contribution in [0.2, 0.25) is 0 Å². The molecule has 2 N–H and O–H groups in total. The summed E-state index contributed by atoms with van der Waals surface area (Å²) in [5.41, 5.74) is 4.50. The number of rotatable bonds is 8. The Hall–Kier alpha value is -3.39. The molecule has 1 saturated heterocycles. The fraction of sp³-hybridized carbons (Fsp3) is 0.444. The molecule has 1 heterocycles. The predicted molar refractivity (Wildman–Crippen MR) is 132 cm³/mol. The number of nitrogens with one attached hydrogen (secondary N) is 1. The van der Waals surface area contributed by atoms with Crippen LogP contribution in [0.25, 0.3) is 11.1 Å². The summed E-state index contributed by atoms with van der Waals surface area (Å²) in [6.45, 7) is 1.09. The minimum absolute atomic E-state index is 0.0810. The van der Waals surface area contributed by atoms with E-state index in [1.54, 1.807) is 0 Å². The second kappa shape index (κ2) is 10.9. The highest BCUT2D eigenvalue weighted by Crippen LogP contribution is 2.44. The zero-order valence-electron chi connectivity index (χ0n) is 20.3. The van der Waals surface area contributed by atoms with Crippen molar-refractivity contribution in [2.45, 2.75) is 43.7 Å². The Labute approximate surface area is 205 Å². The quantitative estimate of drug-likeness (QED) is 0.603. The number of piperidine rings is 1. The first kappa shape index (κ1) is 24.7. The van der Waals surface area contributed by atoms with E-state index in [-0.39, 0.29) is 18.4 Å². The average Bonchev–Trinajstić information content (AvgIpc) is 3.18. The molecule has 2 atom stereocenters. The van der Waals surface area contributed by atoms with Crippen LogP contribution < -0.4 is 5.32 Å².